The standard InChI is InChI=1S/C18H23N3O2/c1-6-21-13(4)17(12(3)20-21)11(2)19-18(23)16-9-7-8-15(10-16)14(5)22/h7-11H,6H2,1-5H3,(H,19,23). The van der Waals surface area contributed by atoms with Crippen LogP contribution in [0, 0.1) is 13.8 Å². The quantitative estimate of drug-likeness (QED) is 0.862. The zero-order valence-corrected chi connectivity index (χ0v) is 14.3. The van der Waals surface area contributed by atoms with Gasteiger partial charge in [0.2, 0.25) is 0 Å². The summed E-state index contributed by atoms with van der Waals surface area (Å²) in [6, 6.07) is 6.62. The fourth-order valence-electron chi connectivity index (χ4n) is 2.88. The van der Waals surface area contributed by atoms with Crippen LogP contribution < -0.4 is 5.32 Å². The van der Waals surface area contributed by atoms with E-state index in [1.54, 1.807) is 24.3 Å². The van der Waals surface area contributed by atoms with Crippen LogP contribution in [0.2, 0.25) is 0 Å². The zero-order valence-electron chi connectivity index (χ0n) is 14.3. The molecule has 2 aromatic rings. The Kier molecular flexibility index (Phi) is 4.98. The zero-order chi connectivity index (χ0) is 17.1. The van der Waals surface area contributed by atoms with Crippen molar-refractivity contribution in [3.8, 4) is 0 Å². The van der Waals surface area contributed by atoms with Gasteiger partial charge in [-0.2, -0.15) is 5.10 Å². The normalized spacial score (nSPS) is 12.0. The molecule has 1 amide bonds. The number of Topliss-reactive ketones (excluding diaryl/α,β-unsaturated/α-hetero) is 1. The molecule has 1 atom stereocenters. The molecule has 122 valence electrons. The van der Waals surface area contributed by atoms with Gasteiger partial charge in [-0.05, 0) is 46.8 Å². The molecule has 1 aromatic carbocycles. The maximum Gasteiger partial charge on any atom is 0.251 e. The van der Waals surface area contributed by atoms with Gasteiger partial charge < -0.3 is 5.32 Å². The van der Waals surface area contributed by atoms with Crippen molar-refractivity contribution in [3.63, 3.8) is 0 Å². The predicted octanol–water partition coefficient (Wildman–Crippen LogP) is 3.21. The average Bonchev–Trinajstić information content (AvgIpc) is 2.81. The van der Waals surface area contributed by atoms with E-state index in [4.69, 9.17) is 0 Å². The molecule has 1 heterocycles. The van der Waals surface area contributed by atoms with Crippen molar-refractivity contribution in [1.29, 1.82) is 0 Å². The second-order valence-corrected chi connectivity index (χ2v) is 5.73. The van der Waals surface area contributed by atoms with E-state index in [1.165, 1.54) is 6.92 Å². The number of amides is 1. The number of hydrogen-bond acceptors (Lipinski definition) is 3. The Balaban J connectivity index is 2.22. The summed E-state index contributed by atoms with van der Waals surface area (Å²) in [5.41, 5.74) is 4.06. The monoisotopic (exact) mass is 313 g/mol. The van der Waals surface area contributed by atoms with Crippen LogP contribution in [0.3, 0.4) is 0 Å². The number of aromatic nitrogens is 2. The minimum atomic E-state index is -0.191. The summed E-state index contributed by atoms with van der Waals surface area (Å²) in [6.45, 7) is 10.2. The molecule has 0 fully saturated rings. The molecular formula is C18H23N3O2. The van der Waals surface area contributed by atoms with Crippen molar-refractivity contribution >= 4 is 11.7 Å². The molecule has 0 saturated heterocycles. The van der Waals surface area contributed by atoms with Crippen LogP contribution in [0.4, 0.5) is 0 Å². The molecule has 1 aromatic heterocycles. The Morgan fingerprint density at radius 1 is 1.26 bits per heavy atom. The highest BCUT2D eigenvalue weighted by atomic mass is 16.1. The van der Waals surface area contributed by atoms with Crippen molar-refractivity contribution in [1.82, 2.24) is 15.1 Å². The maximum atomic E-state index is 12.5. The molecule has 2 rings (SSSR count). The van der Waals surface area contributed by atoms with Gasteiger partial charge in [0.15, 0.2) is 5.78 Å². The average molecular weight is 313 g/mol. The summed E-state index contributed by atoms with van der Waals surface area (Å²) in [7, 11) is 0. The van der Waals surface area contributed by atoms with Gasteiger partial charge >= 0.3 is 0 Å². The third kappa shape index (κ3) is 3.50. The van der Waals surface area contributed by atoms with Crippen molar-refractivity contribution in [2.75, 3.05) is 0 Å². The van der Waals surface area contributed by atoms with E-state index < -0.39 is 0 Å². The van der Waals surface area contributed by atoms with Crippen LogP contribution in [0.5, 0.6) is 0 Å². The molecule has 23 heavy (non-hydrogen) atoms. The van der Waals surface area contributed by atoms with Crippen LogP contribution in [0.1, 0.15) is 64.5 Å². The highest BCUT2D eigenvalue weighted by molar-refractivity contribution is 5.99. The highest BCUT2D eigenvalue weighted by Crippen LogP contribution is 2.21. The lowest BCUT2D eigenvalue weighted by molar-refractivity contribution is 0.0939. The number of nitrogens with one attached hydrogen (secondary N) is 1. The Bertz CT molecular complexity index is 747. The molecule has 5 nitrogen and oxygen atoms in total. The summed E-state index contributed by atoms with van der Waals surface area (Å²) in [5, 5.41) is 7.48. The van der Waals surface area contributed by atoms with Gasteiger partial charge in [-0.25, -0.2) is 0 Å². The van der Waals surface area contributed by atoms with Gasteiger partial charge in [-0.1, -0.05) is 12.1 Å². The number of hydrogen-bond donors (Lipinski definition) is 1. The summed E-state index contributed by atoms with van der Waals surface area (Å²) in [5.74, 6) is -0.243. The van der Waals surface area contributed by atoms with Crippen molar-refractivity contribution in [2.45, 2.75) is 47.2 Å². The molecule has 1 unspecified atom stereocenters. The minimum absolute atomic E-state index is 0.0522. The third-order valence-electron chi connectivity index (χ3n) is 4.05. The van der Waals surface area contributed by atoms with Crippen LogP contribution in [0.25, 0.3) is 0 Å². The summed E-state index contributed by atoms with van der Waals surface area (Å²) < 4.78 is 1.93. The first-order valence-electron chi connectivity index (χ1n) is 7.80. The van der Waals surface area contributed by atoms with Crippen molar-refractivity contribution < 1.29 is 9.59 Å². The van der Waals surface area contributed by atoms with Crippen molar-refractivity contribution in [2.24, 2.45) is 0 Å². The molecule has 0 spiro atoms. The molecule has 0 aliphatic heterocycles. The summed E-state index contributed by atoms with van der Waals surface area (Å²) >= 11 is 0. The first-order chi connectivity index (χ1) is 10.8. The van der Waals surface area contributed by atoms with E-state index in [-0.39, 0.29) is 17.7 Å². The Morgan fingerprint density at radius 2 is 1.91 bits per heavy atom. The Morgan fingerprint density at radius 3 is 2.48 bits per heavy atom. The molecule has 5 heteroatoms. The van der Waals surface area contributed by atoms with E-state index in [9.17, 15) is 9.59 Å². The second-order valence-electron chi connectivity index (χ2n) is 5.73. The van der Waals surface area contributed by atoms with Gasteiger partial charge in [-0.3, -0.25) is 14.3 Å². The van der Waals surface area contributed by atoms with Crippen LogP contribution in [0.15, 0.2) is 24.3 Å². The molecule has 1 N–H and O–H groups in total. The molecule has 0 aliphatic carbocycles. The lowest BCUT2D eigenvalue weighted by atomic mass is 10.0. The first-order valence-corrected chi connectivity index (χ1v) is 7.80. The Hall–Kier alpha value is -2.43. The number of rotatable bonds is 5. The number of nitrogens with zero attached hydrogens (tertiary/aromatic N) is 2. The number of benzene rings is 1. The maximum absolute atomic E-state index is 12.5. The lowest BCUT2D eigenvalue weighted by Gasteiger charge is -2.15. The largest absolute Gasteiger partial charge is 0.345 e. The van der Waals surface area contributed by atoms with Crippen LogP contribution >= 0.6 is 0 Å². The van der Waals surface area contributed by atoms with E-state index in [2.05, 4.69) is 10.4 Å². The van der Waals surface area contributed by atoms with E-state index >= 15 is 0 Å². The van der Waals surface area contributed by atoms with Gasteiger partial charge in [0, 0.05) is 28.9 Å². The fraction of sp³-hybridized carbons (Fsp3) is 0.389. The van der Waals surface area contributed by atoms with Crippen molar-refractivity contribution in [3.05, 3.63) is 52.3 Å². The van der Waals surface area contributed by atoms with E-state index in [0.29, 0.717) is 11.1 Å². The van der Waals surface area contributed by atoms with Crippen LogP contribution in [-0.4, -0.2) is 21.5 Å². The first kappa shape index (κ1) is 16.9. The Labute approximate surface area is 136 Å². The summed E-state index contributed by atoms with van der Waals surface area (Å²) in [6.07, 6.45) is 0. The van der Waals surface area contributed by atoms with Gasteiger partial charge in [0.05, 0.1) is 11.7 Å². The van der Waals surface area contributed by atoms with Gasteiger partial charge in [0.1, 0.15) is 0 Å². The molecular weight excluding hydrogens is 290 g/mol. The van der Waals surface area contributed by atoms with E-state index in [0.717, 1.165) is 23.5 Å². The molecule has 0 bridgehead atoms. The topological polar surface area (TPSA) is 64.0 Å². The molecule has 0 saturated carbocycles. The predicted molar refractivity (Wildman–Crippen MR) is 89.7 cm³/mol. The number of carbonyl (C=O) groups is 2. The molecule has 0 aliphatic rings. The smallest absolute Gasteiger partial charge is 0.251 e. The van der Waals surface area contributed by atoms with Crippen LogP contribution in [-0.2, 0) is 6.54 Å². The number of carbonyl (C=O) groups excluding carboxylic acids is 2. The molecule has 0 radical (unpaired) electrons. The second kappa shape index (κ2) is 6.77. The fourth-order valence-corrected chi connectivity index (χ4v) is 2.88. The SMILES string of the molecule is CCn1nc(C)c(C(C)NC(=O)c2cccc(C(C)=O)c2)c1C. The highest BCUT2D eigenvalue weighted by Gasteiger charge is 2.19. The lowest BCUT2D eigenvalue weighted by Crippen LogP contribution is -2.27. The number of aryl methyl sites for hydroxylation is 2. The number of ketones is 1. The summed E-state index contributed by atoms with van der Waals surface area (Å²) in [4.78, 5) is 23.9. The van der Waals surface area contributed by atoms with Gasteiger partial charge in [0.25, 0.3) is 5.91 Å². The third-order valence-corrected chi connectivity index (χ3v) is 4.05. The minimum Gasteiger partial charge on any atom is -0.345 e. The van der Waals surface area contributed by atoms with E-state index in [1.807, 2.05) is 32.4 Å². The van der Waals surface area contributed by atoms with Gasteiger partial charge in [-0.15, -0.1) is 0 Å².